The third-order valence-electron chi connectivity index (χ3n) is 5.28. The van der Waals surface area contributed by atoms with E-state index in [1.165, 1.54) is 11.7 Å². The number of fused-ring (bicyclic) bond motifs is 1. The second-order valence-electron chi connectivity index (χ2n) is 7.09. The first-order valence-electron chi connectivity index (χ1n) is 9.84. The number of pyridine rings is 1. The van der Waals surface area contributed by atoms with E-state index in [0.717, 1.165) is 19.4 Å². The minimum Gasteiger partial charge on any atom is -0.494 e. The first-order chi connectivity index (χ1) is 14.6. The zero-order chi connectivity index (χ0) is 21.1. The van der Waals surface area contributed by atoms with Crippen LogP contribution in [-0.4, -0.2) is 49.4 Å². The van der Waals surface area contributed by atoms with Crippen molar-refractivity contribution in [2.24, 2.45) is 4.99 Å². The molecule has 3 aromatic rings. The summed E-state index contributed by atoms with van der Waals surface area (Å²) in [7, 11) is 3.06. The van der Waals surface area contributed by atoms with Crippen molar-refractivity contribution in [2.75, 3.05) is 27.4 Å². The molecule has 0 aliphatic carbocycles. The Labute approximate surface area is 174 Å². The molecule has 0 saturated carbocycles. The Morgan fingerprint density at radius 3 is 2.63 bits per heavy atom. The first kappa shape index (κ1) is 20.0. The van der Waals surface area contributed by atoms with Gasteiger partial charge in [0.15, 0.2) is 11.5 Å². The number of hydrogen-bond acceptors (Lipinski definition) is 6. The summed E-state index contributed by atoms with van der Waals surface area (Å²) in [5, 5.41) is 12.2. The molecule has 0 bridgehead atoms. The molecule has 7 nitrogen and oxygen atoms in total. The lowest BCUT2D eigenvalue weighted by atomic mass is 10.1. The Morgan fingerprint density at radius 1 is 1.17 bits per heavy atom. The first-order valence-corrected chi connectivity index (χ1v) is 9.84. The van der Waals surface area contributed by atoms with Crippen molar-refractivity contribution in [1.29, 1.82) is 0 Å². The van der Waals surface area contributed by atoms with Crippen molar-refractivity contribution >= 4 is 17.0 Å². The van der Waals surface area contributed by atoms with E-state index in [-0.39, 0.29) is 17.5 Å². The predicted octanol–water partition coefficient (Wildman–Crippen LogP) is 3.31. The van der Waals surface area contributed by atoms with Crippen molar-refractivity contribution in [3.63, 3.8) is 0 Å². The van der Waals surface area contributed by atoms with E-state index in [1.54, 1.807) is 43.7 Å². The van der Waals surface area contributed by atoms with Gasteiger partial charge in [0.2, 0.25) is 5.88 Å². The van der Waals surface area contributed by atoms with Gasteiger partial charge in [0, 0.05) is 29.7 Å². The molecule has 1 aliphatic heterocycles. The normalized spacial score (nSPS) is 16.4. The van der Waals surface area contributed by atoms with Crippen LogP contribution in [0.5, 0.6) is 17.4 Å². The number of aromatic nitrogens is 1. The van der Waals surface area contributed by atoms with Gasteiger partial charge < -0.3 is 19.3 Å². The fourth-order valence-electron chi connectivity index (χ4n) is 3.74. The maximum atomic E-state index is 13.2. The SMILES string of the molecule is COc1ccc(-n2c(O)c(C=NC[C@H]3CCCO3)c3ccccc3c2=O)cc1OC. The number of nitrogens with zero attached hydrogens (tertiary/aromatic N) is 2. The van der Waals surface area contributed by atoms with Crippen LogP contribution in [0.2, 0.25) is 0 Å². The fourth-order valence-corrected chi connectivity index (χ4v) is 3.74. The number of benzene rings is 2. The zero-order valence-corrected chi connectivity index (χ0v) is 17.0. The topological polar surface area (TPSA) is 82.3 Å². The van der Waals surface area contributed by atoms with Crippen molar-refractivity contribution < 1.29 is 19.3 Å². The van der Waals surface area contributed by atoms with E-state index < -0.39 is 0 Å². The van der Waals surface area contributed by atoms with Gasteiger partial charge in [-0.2, -0.15) is 0 Å². The monoisotopic (exact) mass is 408 g/mol. The molecule has 0 radical (unpaired) electrons. The third-order valence-corrected chi connectivity index (χ3v) is 5.28. The molecule has 0 unspecified atom stereocenters. The fraction of sp³-hybridized carbons (Fsp3) is 0.304. The Balaban J connectivity index is 1.86. The van der Waals surface area contributed by atoms with E-state index in [1.807, 2.05) is 12.1 Å². The van der Waals surface area contributed by atoms with E-state index in [0.29, 0.717) is 40.1 Å². The Kier molecular flexibility index (Phi) is 5.72. The number of aromatic hydroxyl groups is 1. The van der Waals surface area contributed by atoms with Gasteiger partial charge in [0.1, 0.15) is 0 Å². The van der Waals surface area contributed by atoms with E-state index in [2.05, 4.69) is 4.99 Å². The molecule has 2 aromatic carbocycles. The molecule has 4 rings (SSSR count). The molecular weight excluding hydrogens is 384 g/mol. The van der Waals surface area contributed by atoms with E-state index >= 15 is 0 Å². The molecule has 1 atom stereocenters. The molecule has 1 N–H and O–H groups in total. The van der Waals surface area contributed by atoms with Gasteiger partial charge in [-0.1, -0.05) is 18.2 Å². The minimum atomic E-state index is -0.327. The zero-order valence-electron chi connectivity index (χ0n) is 17.0. The van der Waals surface area contributed by atoms with Crippen LogP contribution in [-0.2, 0) is 4.74 Å². The summed E-state index contributed by atoms with van der Waals surface area (Å²) < 4.78 is 17.5. The number of ether oxygens (including phenoxy) is 3. The average molecular weight is 408 g/mol. The number of aliphatic imine (C=N–C) groups is 1. The maximum absolute atomic E-state index is 13.2. The van der Waals surface area contributed by atoms with Crippen LogP contribution < -0.4 is 15.0 Å². The van der Waals surface area contributed by atoms with Gasteiger partial charge in [-0.15, -0.1) is 0 Å². The number of hydrogen-bond donors (Lipinski definition) is 1. The lowest BCUT2D eigenvalue weighted by molar-refractivity contribution is 0.118. The molecule has 156 valence electrons. The van der Waals surface area contributed by atoms with Gasteiger partial charge in [-0.3, -0.25) is 9.79 Å². The Bertz CT molecular complexity index is 1150. The molecule has 1 saturated heterocycles. The average Bonchev–Trinajstić information content (AvgIpc) is 3.29. The Morgan fingerprint density at radius 2 is 1.93 bits per heavy atom. The van der Waals surface area contributed by atoms with Crippen LogP contribution in [0.1, 0.15) is 18.4 Å². The molecule has 1 aliphatic rings. The summed E-state index contributed by atoms with van der Waals surface area (Å²) in [5.41, 5.74) is 0.624. The van der Waals surface area contributed by atoms with Crippen LogP contribution in [0, 0.1) is 0 Å². The highest BCUT2D eigenvalue weighted by Crippen LogP contribution is 2.32. The highest BCUT2D eigenvalue weighted by Gasteiger charge is 2.18. The summed E-state index contributed by atoms with van der Waals surface area (Å²) >= 11 is 0. The van der Waals surface area contributed by atoms with Crippen LogP contribution in [0.3, 0.4) is 0 Å². The molecule has 0 spiro atoms. The van der Waals surface area contributed by atoms with Crippen LogP contribution >= 0.6 is 0 Å². The van der Waals surface area contributed by atoms with Crippen LogP contribution in [0.4, 0.5) is 0 Å². The lowest BCUT2D eigenvalue weighted by Crippen LogP contribution is -2.20. The van der Waals surface area contributed by atoms with Crippen molar-refractivity contribution in [3.8, 4) is 23.1 Å². The predicted molar refractivity (Wildman–Crippen MR) is 116 cm³/mol. The molecule has 7 heteroatoms. The van der Waals surface area contributed by atoms with E-state index in [9.17, 15) is 9.90 Å². The van der Waals surface area contributed by atoms with Crippen LogP contribution in [0.25, 0.3) is 16.5 Å². The summed E-state index contributed by atoms with van der Waals surface area (Å²) in [6, 6.07) is 12.2. The van der Waals surface area contributed by atoms with Gasteiger partial charge in [-0.05, 0) is 31.0 Å². The van der Waals surface area contributed by atoms with Crippen LogP contribution in [0.15, 0.2) is 52.3 Å². The molecule has 1 aromatic heterocycles. The van der Waals surface area contributed by atoms with Crippen molar-refractivity contribution in [3.05, 3.63) is 58.4 Å². The number of rotatable bonds is 6. The standard InChI is InChI=1S/C23H24N2O5/c1-28-20-10-9-15(12-21(20)29-2)25-22(26)18-8-4-3-7-17(18)19(23(25)27)14-24-13-16-6-5-11-30-16/h3-4,7-10,12,14,16,27H,5-6,11,13H2,1-2H3/t16-/m1/s1. The number of methoxy groups -OCH3 is 2. The van der Waals surface area contributed by atoms with Crippen molar-refractivity contribution in [1.82, 2.24) is 4.57 Å². The summed E-state index contributed by atoms with van der Waals surface area (Å²) in [4.78, 5) is 17.7. The van der Waals surface area contributed by atoms with Gasteiger partial charge >= 0.3 is 0 Å². The van der Waals surface area contributed by atoms with Gasteiger partial charge in [0.25, 0.3) is 5.56 Å². The molecule has 0 amide bonds. The summed E-state index contributed by atoms with van der Waals surface area (Å²) in [6.45, 7) is 1.28. The molecule has 30 heavy (non-hydrogen) atoms. The second kappa shape index (κ2) is 8.59. The van der Waals surface area contributed by atoms with Crippen molar-refractivity contribution in [2.45, 2.75) is 18.9 Å². The Hall–Kier alpha value is -3.32. The van der Waals surface area contributed by atoms with E-state index in [4.69, 9.17) is 14.2 Å². The smallest absolute Gasteiger partial charge is 0.265 e. The molecule has 1 fully saturated rings. The summed E-state index contributed by atoms with van der Waals surface area (Å²) in [6.07, 6.45) is 3.75. The minimum absolute atomic E-state index is 0.103. The lowest BCUT2D eigenvalue weighted by Gasteiger charge is -2.15. The molecular formula is C23H24N2O5. The third kappa shape index (κ3) is 3.64. The highest BCUT2D eigenvalue weighted by atomic mass is 16.5. The van der Waals surface area contributed by atoms with Gasteiger partial charge in [0.05, 0.1) is 38.1 Å². The maximum Gasteiger partial charge on any atom is 0.265 e. The van der Waals surface area contributed by atoms with Gasteiger partial charge in [-0.25, -0.2) is 4.57 Å². The quantitative estimate of drug-likeness (QED) is 0.633. The molecule has 2 heterocycles. The highest BCUT2D eigenvalue weighted by molar-refractivity contribution is 6.01. The summed E-state index contributed by atoms with van der Waals surface area (Å²) in [5.74, 6) is 0.818. The largest absolute Gasteiger partial charge is 0.494 e. The second-order valence-corrected chi connectivity index (χ2v) is 7.09.